The van der Waals surface area contributed by atoms with Crippen molar-refractivity contribution in [2.24, 2.45) is 0 Å². The molecule has 1 aliphatic heterocycles. The first-order chi connectivity index (χ1) is 14.0. The van der Waals surface area contributed by atoms with Crippen LogP contribution in [-0.4, -0.2) is 21.7 Å². The van der Waals surface area contributed by atoms with Crippen LogP contribution in [0.1, 0.15) is 22.4 Å². The summed E-state index contributed by atoms with van der Waals surface area (Å²) in [5.41, 5.74) is 4.15. The van der Waals surface area contributed by atoms with Gasteiger partial charge in [0.1, 0.15) is 0 Å². The molecule has 1 aliphatic rings. The lowest BCUT2D eigenvalue weighted by atomic mass is 10.0. The van der Waals surface area contributed by atoms with Crippen molar-refractivity contribution in [1.82, 2.24) is 9.88 Å². The fraction of sp³-hybridized carbons (Fsp3) is 0.125. The Morgan fingerprint density at radius 2 is 1.62 bits per heavy atom. The smallest absolute Gasteiger partial charge is 0.268 e. The van der Waals surface area contributed by atoms with E-state index in [0.717, 1.165) is 21.6 Å². The lowest BCUT2D eigenvalue weighted by Gasteiger charge is -2.14. The number of hydrogen-bond acceptors (Lipinski definition) is 4. The molecule has 3 aromatic rings. The summed E-state index contributed by atoms with van der Waals surface area (Å²) in [4.78, 5) is 33.5. The van der Waals surface area contributed by atoms with Gasteiger partial charge in [0, 0.05) is 11.1 Å². The maximum Gasteiger partial charge on any atom is 0.268 e. The van der Waals surface area contributed by atoms with Crippen molar-refractivity contribution in [3.05, 3.63) is 100 Å². The van der Waals surface area contributed by atoms with E-state index in [4.69, 9.17) is 0 Å². The third kappa shape index (κ3) is 3.87. The second-order valence-electron chi connectivity index (χ2n) is 6.94. The number of rotatable bonds is 5. The number of pyridine rings is 1. The van der Waals surface area contributed by atoms with Crippen LogP contribution < -0.4 is 0 Å². The predicted octanol–water partition coefficient (Wildman–Crippen LogP) is 4.77. The van der Waals surface area contributed by atoms with Gasteiger partial charge in [-0.2, -0.15) is 0 Å². The standard InChI is InChI=1S/C24H20N2O2S/c1-16-11-12-18(14-17(16)2)21-22(29-20-9-4-3-5-10-20)24(28)26(23(21)27)15-19-8-6-7-13-25-19/h3-14H,15H2,1-2H3. The third-order valence-electron chi connectivity index (χ3n) is 4.93. The summed E-state index contributed by atoms with van der Waals surface area (Å²) in [7, 11) is 0. The van der Waals surface area contributed by atoms with Crippen LogP contribution in [0.15, 0.2) is 82.7 Å². The van der Waals surface area contributed by atoms with E-state index in [1.807, 2.05) is 80.6 Å². The molecule has 1 aromatic heterocycles. The van der Waals surface area contributed by atoms with Gasteiger partial charge >= 0.3 is 0 Å². The van der Waals surface area contributed by atoms with Gasteiger partial charge in [-0.3, -0.25) is 19.5 Å². The molecule has 5 heteroatoms. The monoisotopic (exact) mass is 400 g/mol. The Morgan fingerprint density at radius 3 is 2.31 bits per heavy atom. The van der Waals surface area contributed by atoms with Crippen molar-refractivity contribution in [3.63, 3.8) is 0 Å². The topological polar surface area (TPSA) is 50.3 Å². The minimum atomic E-state index is -0.276. The third-order valence-corrected chi connectivity index (χ3v) is 6.02. The number of nitrogens with zero attached hydrogens (tertiary/aromatic N) is 2. The molecule has 2 aromatic carbocycles. The van der Waals surface area contributed by atoms with Crippen LogP contribution >= 0.6 is 11.8 Å². The van der Waals surface area contributed by atoms with Crippen LogP contribution in [0.3, 0.4) is 0 Å². The van der Waals surface area contributed by atoms with Crippen molar-refractivity contribution in [2.45, 2.75) is 25.3 Å². The average molecular weight is 401 g/mol. The van der Waals surface area contributed by atoms with Gasteiger partial charge in [0.15, 0.2) is 0 Å². The molecule has 0 aliphatic carbocycles. The molecule has 29 heavy (non-hydrogen) atoms. The van der Waals surface area contributed by atoms with E-state index in [1.165, 1.54) is 16.7 Å². The summed E-state index contributed by atoms with van der Waals surface area (Å²) in [6, 6.07) is 21.0. The number of benzene rings is 2. The predicted molar refractivity (Wildman–Crippen MR) is 115 cm³/mol. The number of aromatic nitrogens is 1. The van der Waals surface area contributed by atoms with Gasteiger partial charge in [-0.25, -0.2) is 0 Å². The summed E-state index contributed by atoms with van der Waals surface area (Å²) in [5, 5.41) is 0. The first-order valence-corrected chi connectivity index (χ1v) is 10.2. The van der Waals surface area contributed by atoms with Gasteiger partial charge in [0.05, 0.1) is 22.7 Å². The number of thioether (sulfide) groups is 1. The minimum Gasteiger partial charge on any atom is -0.269 e. The molecule has 4 nitrogen and oxygen atoms in total. The van der Waals surface area contributed by atoms with E-state index < -0.39 is 0 Å². The largest absolute Gasteiger partial charge is 0.269 e. The highest BCUT2D eigenvalue weighted by Gasteiger charge is 2.39. The number of carbonyl (C=O) groups is 2. The molecule has 0 fully saturated rings. The molecular formula is C24H20N2O2S. The van der Waals surface area contributed by atoms with E-state index in [1.54, 1.807) is 6.20 Å². The summed E-state index contributed by atoms with van der Waals surface area (Å²) < 4.78 is 0. The Kier molecular flexibility index (Phi) is 5.32. The lowest BCUT2D eigenvalue weighted by Crippen LogP contribution is -2.31. The van der Waals surface area contributed by atoms with Crippen LogP contribution in [0.5, 0.6) is 0 Å². The highest BCUT2D eigenvalue weighted by molar-refractivity contribution is 8.04. The molecule has 0 saturated heterocycles. The van der Waals surface area contributed by atoms with Crippen LogP contribution in [0, 0.1) is 13.8 Å². The zero-order chi connectivity index (χ0) is 20.4. The van der Waals surface area contributed by atoms with Gasteiger partial charge in [-0.05, 0) is 54.8 Å². The molecule has 0 unspecified atom stereocenters. The first-order valence-electron chi connectivity index (χ1n) is 9.35. The van der Waals surface area contributed by atoms with Crippen molar-refractivity contribution in [1.29, 1.82) is 0 Å². The van der Waals surface area contributed by atoms with Gasteiger partial charge in [0.25, 0.3) is 11.8 Å². The number of carbonyl (C=O) groups excluding carboxylic acids is 2. The van der Waals surface area contributed by atoms with Gasteiger partial charge < -0.3 is 0 Å². The maximum atomic E-state index is 13.3. The van der Waals surface area contributed by atoms with Gasteiger partial charge in [0.2, 0.25) is 0 Å². The van der Waals surface area contributed by atoms with Crippen LogP contribution in [0.25, 0.3) is 5.57 Å². The number of hydrogen-bond donors (Lipinski definition) is 0. The van der Waals surface area contributed by atoms with E-state index in [0.29, 0.717) is 16.2 Å². The Hall–Kier alpha value is -3.18. The van der Waals surface area contributed by atoms with Crippen molar-refractivity contribution < 1.29 is 9.59 Å². The molecule has 0 N–H and O–H groups in total. The molecular weight excluding hydrogens is 380 g/mol. The highest BCUT2D eigenvalue weighted by atomic mass is 32.2. The number of amides is 2. The Morgan fingerprint density at radius 1 is 0.862 bits per heavy atom. The van der Waals surface area contributed by atoms with Crippen LogP contribution in [-0.2, 0) is 16.1 Å². The van der Waals surface area contributed by atoms with E-state index >= 15 is 0 Å². The zero-order valence-electron chi connectivity index (χ0n) is 16.3. The second-order valence-corrected chi connectivity index (χ2v) is 8.02. The average Bonchev–Trinajstić information content (AvgIpc) is 2.96. The molecule has 4 rings (SSSR count). The molecule has 0 bridgehead atoms. The molecule has 0 radical (unpaired) electrons. The first kappa shape index (κ1) is 19.2. The molecule has 2 amide bonds. The minimum absolute atomic E-state index is 0.158. The van der Waals surface area contributed by atoms with Crippen LogP contribution in [0.2, 0.25) is 0 Å². The Balaban J connectivity index is 1.77. The molecule has 0 spiro atoms. The fourth-order valence-electron chi connectivity index (χ4n) is 3.20. The van der Waals surface area contributed by atoms with E-state index in [2.05, 4.69) is 4.98 Å². The molecule has 144 valence electrons. The van der Waals surface area contributed by atoms with Gasteiger partial charge in [-0.15, -0.1) is 0 Å². The van der Waals surface area contributed by atoms with Crippen molar-refractivity contribution in [3.8, 4) is 0 Å². The van der Waals surface area contributed by atoms with E-state index in [9.17, 15) is 9.59 Å². The molecule has 0 saturated carbocycles. The zero-order valence-corrected chi connectivity index (χ0v) is 17.1. The summed E-state index contributed by atoms with van der Waals surface area (Å²) in [6.45, 7) is 4.20. The normalized spacial score (nSPS) is 14.1. The van der Waals surface area contributed by atoms with Gasteiger partial charge in [-0.1, -0.05) is 54.2 Å². The lowest BCUT2D eigenvalue weighted by molar-refractivity contribution is -0.137. The van der Waals surface area contributed by atoms with E-state index in [-0.39, 0.29) is 18.4 Å². The Bertz CT molecular complexity index is 1110. The highest BCUT2D eigenvalue weighted by Crippen LogP contribution is 2.40. The Labute approximate surface area is 174 Å². The number of aryl methyl sites for hydroxylation is 2. The summed E-state index contributed by atoms with van der Waals surface area (Å²) >= 11 is 1.34. The summed E-state index contributed by atoms with van der Waals surface area (Å²) in [5.74, 6) is -0.551. The second kappa shape index (κ2) is 8.05. The fourth-order valence-corrected chi connectivity index (χ4v) is 4.24. The quantitative estimate of drug-likeness (QED) is 0.579. The molecule has 0 atom stereocenters. The number of imide groups is 1. The SMILES string of the molecule is Cc1ccc(C2=C(Sc3ccccc3)C(=O)N(Cc3ccccn3)C2=O)cc1C. The van der Waals surface area contributed by atoms with Crippen molar-refractivity contribution in [2.75, 3.05) is 0 Å². The van der Waals surface area contributed by atoms with Crippen LogP contribution in [0.4, 0.5) is 0 Å². The maximum absolute atomic E-state index is 13.3. The molecule has 2 heterocycles. The summed E-state index contributed by atoms with van der Waals surface area (Å²) in [6.07, 6.45) is 1.66. The van der Waals surface area contributed by atoms with Crippen molar-refractivity contribution >= 4 is 29.1 Å².